The molecular formula is C17H18F2N2O5S2. The van der Waals surface area contributed by atoms with E-state index in [1.165, 1.54) is 16.4 Å². The van der Waals surface area contributed by atoms with Crippen molar-refractivity contribution in [3.8, 4) is 0 Å². The predicted octanol–water partition coefficient (Wildman–Crippen LogP) is 1.81. The minimum Gasteiger partial charge on any atom is -0.379 e. The van der Waals surface area contributed by atoms with Crippen LogP contribution in [-0.4, -0.2) is 54.5 Å². The average Bonchev–Trinajstić information content (AvgIpc) is 2.70. The lowest BCUT2D eigenvalue weighted by atomic mass is 10.3. The highest BCUT2D eigenvalue weighted by atomic mass is 32.2. The minimum atomic E-state index is -4.22. The Hall–Kier alpha value is -2.08. The Morgan fingerprint density at radius 3 is 2.11 bits per heavy atom. The molecule has 0 aromatic heterocycles. The van der Waals surface area contributed by atoms with Gasteiger partial charge in [-0.2, -0.15) is 4.31 Å². The number of anilines is 1. The van der Waals surface area contributed by atoms with Crippen LogP contribution in [-0.2, 0) is 24.8 Å². The van der Waals surface area contributed by atoms with E-state index >= 15 is 0 Å². The van der Waals surface area contributed by atoms with Crippen LogP contribution in [0, 0.1) is 11.6 Å². The van der Waals surface area contributed by atoms with Crippen LogP contribution in [0.25, 0.3) is 0 Å². The SMILES string of the molecule is CN(c1cc(F)ccc1F)S(=O)(=O)c1ccc(S(=O)(=O)N2CCOCC2)cc1. The Morgan fingerprint density at radius 1 is 0.929 bits per heavy atom. The van der Waals surface area contributed by atoms with E-state index in [2.05, 4.69) is 0 Å². The van der Waals surface area contributed by atoms with E-state index in [0.717, 1.165) is 37.4 Å². The number of nitrogens with zero attached hydrogens (tertiary/aromatic N) is 2. The number of rotatable bonds is 5. The summed E-state index contributed by atoms with van der Waals surface area (Å²) in [6.07, 6.45) is 0. The van der Waals surface area contributed by atoms with Crippen LogP contribution in [0.3, 0.4) is 0 Å². The van der Waals surface area contributed by atoms with E-state index in [4.69, 9.17) is 4.74 Å². The lowest BCUT2D eigenvalue weighted by Gasteiger charge is -2.26. The molecule has 7 nitrogen and oxygen atoms in total. The van der Waals surface area contributed by atoms with Crippen molar-refractivity contribution >= 4 is 25.7 Å². The van der Waals surface area contributed by atoms with Crippen LogP contribution >= 0.6 is 0 Å². The van der Waals surface area contributed by atoms with Crippen LogP contribution in [0.15, 0.2) is 52.3 Å². The number of ether oxygens (including phenoxy) is 1. The highest BCUT2D eigenvalue weighted by Crippen LogP contribution is 2.27. The molecule has 152 valence electrons. The second-order valence-electron chi connectivity index (χ2n) is 6.06. The summed E-state index contributed by atoms with van der Waals surface area (Å²) in [5.74, 6) is -1.69. The average molecular weight is 432 g/mol. The number of hydrogen-bond donors (Lipinski definition) is 0. The smallest absolute Gasteiger partial charge is 0.264 e. The van der Waals surface area contributed by atoms with Gasteiger partial charge in [0.25, 0.3) is 10.0 Å². The quantitative estimate of drug-likeness (QED) is 0.720. The normalized spacial score (nSPS) is 16.1. The second-order valence-corrected chi connectivity index (χ2v) is 9.96. The van der Waals surface area contributed by atoms with Crippen molar-refractivity contribution in [3.05, 3.63) is 54.1 Å². The summed E-state index contributed by atoms with van der Waals surface area (Å²) in [6, 6.07) is 7.07. The third-order valence-corrected chi connectivity index (χ3v) is 8.04. The fourth-order valence-electron chi connectivity index (χ4n) is 2.73. The maximum absolute atomic E-state index is 13.9. The lowest BCUT2D eigenvalue weighted by Crippen LogP contribution is -2.40. The first-order valence-electron chi connectivity index (χ1n) is 8.26. The zero-order valence-corrected chi connectivity index (χ0v) is 16.5. The Kier molecular flexibility index (Phi) is 5.71. The minimum absolute atomic E-state index is 0.0621. The maximum Gasteiger partial charge on any atom is 0.264 e. The van der Waals surface area contributed by atoms with Crippen molar-refractivity contribution in [2.24, 2.45) is 0 Å². The number of benzene rings is 2. The van der Waals surface area contributed by atoms with Crippen molar-refractivity contribution in [2.75, 3.05) is 37.7 Å². The van der Waals surface area contributed by atoms with Gasteiger partial charge in [-0.25, -0.2) is 25.6 Å². The van der Waals surface area contributed by atoms with Crippen LogP contribution in [0.2, 0.25) is 0 Å². The van der Waals surface area contributed by atoms with Gasteiger partial charge in [-0.3, -0.25) is 4.31 Å². The van der Waals surface area contributed by atoms with Crippen LogP contribution in [0.4, 0.5) is 14.5 Å². The molecule has 1 aliphatic heterocycles. The topological polar surface area (TPSA) is 84.0 Å². The van der Waals surface area contributed by atoms with Crippen LogP contribution in [0.1, 0.15) is 0 Å². The Labute approximate surface area is 162 Å². The lowest BCUT2D eigenvalue weighted by molar-refractivity contribution is 0.0730. The van der Waals surface area contributed by atoms with Gasteiger partial charge < -0.3 is 4.74 Å². The largest absolute Gasteiger partial charge is 0.379 e. The molecule has 3 rings (SSSR count). The van der Waals surface area contributed by atoms with Crippen molar-refractivity contribution in [1.82, 2.24) is 4.31 Å². The molecule has 2 aromatic carbocycles. The number of halogens is 2. The second kappa shape index (κ2) is 7.74. The zero-order valence-electron chi connectivity index (χ0n) is 14.9. The maximum atomic E-state index is 13.9. The number of hydrogen-bond acceptors (Lipinski definition) is 5. The molecule has 1 heterocycles. The van der Waals surface area contributed by atoms with Crippen molar-refractivity contribution < 1.29 is 30.4 Å². The van der Waals surface area contributed by atoms with E-state index in [-0.39, 0.29) is 36.1 Å². The molecule has 11 heteroatoms. The van der Waals surface area contributed by atoms with Crippen molar-refractivity contribution in [3.63, 3.8) is 0 Å². The molecule has 0 spiro atoms. The summed E-state index contributed by atoms with van der Waals surface area (Å²) in [7, 11) is -6.91. The van der Waals surface area contributed by atoms with Gasteiger partial charge in [-0.1, -0.05) is 0 Å². The summed E-state index contributed by atoms with van der Waals surface area (Å²) in [5, 5.41) is 0. The molecule has 0 radical (unpaired) electrons. The van der Waals surface area contributed by atoms with E-state index in [1.807, 2.05) is 0 Å². The summed E-state index contributed by atoms with van der Waals surface area (Å²) >= 11 is 0. The first kappa shape index (κ1) is 20.6. The van der Waals surface area contributed by atoms with Gasteiger partial charge in [0.15, 0.2) is 0 Å². The summed E-state index contributed by atoms with van der Waals surface area (Å²) < 4.78 is 85.0. The van der Waals surface area contributed by atoms with Gasteiger partial charge in [-0.05, 0) is 36.4 Å². The van der Waals surface area contributed by atoms with Gasteiger partial charge in [0.1, 0.15) is 11.6 Å². The Balaban J connectivity index is 1.90. The molecule has 0 amide bonds. The fraction of sp³-hybridized carbons (Fsp3) is 0.294. The van der Waals surface area contributed by atoms with Gasteiger partial charge in [0, 0.05) is 26.2 Å². The molecule has 0 aliphatic carbocycles. The molecule has 1 fully saturated rings. The molecule has 0 saturated carbocycles. The third kappa shape index (κ3) is 3.88. The Morgan fingerprint density at radius 2 is 1.50 bits per heavy atom. The molecule has 28 heavy (non-hydrogen) atoms. The summed E-state index contributed by atoms with van der Waals surface area (Å²) in [6.45, 7) is 0.999. The highest BCUT2D eigenvalue weighted by molar-refractivity contribution is 7.92. The summed E-state index contributed by atoms with van der Waals surface area (Å²) in [4.78, 5) is -0.312. The van der Waals surface area contributed by atoms with Crippen molar-refractivity contribution in [2.45, 2.75) is 9.79 Å². The third-order valence-electron chi connectivity index (χ3n) is 4.34. The zero-order chi connectivity index (χ0) is 20.5. The molecule has 0 atom stereocenters. The van der Waals surface area contributed by atoms with Crippen molar-refractivity contribution in [1.29, 1.82) is 0 Å². The molecule has 0 unspecified atom stereocenters. The molecule has 1 saturated heterocycles. The van der Waals surface area contributed by atoms with Crippen LogP contribution in [0.5, 0.6) is 0 Å². The van der Waals surface area contributed by atoms with E-state index < -0.39 is 37.4 Å². The van der Waals surface area contributed by atoms with E-state index in [0.29, 0.717) is 4.31 Å². The van der Waals surface area contributed by atoms with Gasteiger partial charge in [0.2, 0.25) is 10.0 Å². The fourth-order valence-corrected chi connectivity index (χ4v) is 5.34. The number of sulfonamides is 2. The molecule has 0 bridgehead atoms. The van der Waals surface area contributed by atoms with E-state index in [9.17, 15) is 25.6 Å². The van der Waals surface area contributed by atoms with Crippen LogP contribution < -0.4 is 4.31 Å². The number of morpholine rings is 1. The monoisotopic (exact) mass is 432 g/mol. The van der Waals surface area contributed by atoms with Gasteiger partial charge in [0.05, 0.1) is 28.7 Å². The molecule has 2 aromatic rings. The first-order chi connectivity index (χ1) is 13.1. The van der Waals surface area contributed by atoms with Gasteiger partial charge in [-0.15, -0.1) is 0 Å². The highest BCUT2D eigenvalue weighted by Gasteiger charge is 2.28. The van der Waals surface area contributed by atoms with Gasteiger partial charge >= 0.3 is 0 Å². The summed E-state index contributed by atoms with van der Waals surface area (Å²) in [5.41, 5.74) is -0.454. The van der Waals surface area contributed by atoms with E-state index in [1.54, 1.807) is 0 Å². The molecular weight excluding hydrogens is 414 g/mol. The first-order valence-corrected chi connectivity index (χ1v) is 11.1. The standard InChI is InChI=1S/C17H18F2N2O5S2/c1-20(17-12-13(18)2-7-16(17)19)27(22,23)14-3-5-15(6-4-14)28(24,25)21-8-10-26-11-9-21/h2-7,12H,8-11H2,1H3. The molecule has 1 aliphatic rings. The predicted molar refractivity (Wildman–Crippen MR) is 98.0 cm³/mol. The molecule has 0 N–H and O–H groups in total. The Bertz CT molecular complexity index is 1070.